The van der Waals surface area contributed by atoms with Gasteiger partial charge in [-0.05, 0) is 36.2 Å². The summed E-state index contributed by atoms with van der Waals surface area (Å²) in [7, 11) is 0. The quantitative estimate of drug-likeness (QED) is 0.785. The number of hydrogen-bond donors (Lipinski definition) is 0. The van der Waals surface area contributed by atoms with Gasteiger partial charge in [-0.15, -0.1) is 5.12 Å². The van der Waals surface area contributed by atoms with Crippen molar-refractivity contribution in [3.05, 3.63) is 59.8 Å². The molecule has 0 aliphatic heterocycles. The van der Waals surface area contributed by atoms with E-state index in [0.29, 0.717) is 5.56 Å². The van der Waals surface area contributed by atoms with Crippen molar-refractivity contribution in [2.75, 3.05) is 5.12 Å². The molecule has 0 unspecified atom stereocenters. The van der Waals surface area contributed by atoms with Gasteiger partial charge in [-0.3, -0.25) is 4.79 Å². The van der Waals surface area contributed by atoms with Crippen molar-refractivity contribution >= 4 is 11.7 Å². The second-order valence-corrected chi connectivity index (χ2v) is 4.22. The van der Waals surface area contributed by atoms with Gasteiger partial charge in [0, 0.05) is 11.8 Å². The van der Waals surface area contributed by atoms with Crippen LogP contribution in [0.3, 0.4) is 0 Å². The fourth-order valence-corrected chi connectivity index (χ4v) is 1.81. The van der Waals surface area contributed by atoms with Crippen molar-refractivity contribution in [3.8, 4) is 0 Å². The maximum atomic E-state index is 14.1. The van der Waals surface area contributed by atoms with Gasteiger partial charge in [-0.25, -0.2) is 4.98 Å². The Morgan fingerprint density at radius 1 is 1.26 bits per heavy atom. The number of nitrogens with zero attached hydrogens (tertiary/aromatic N) is 2. The van der Waals surface area contributed by atoms with E-state index >= 15 is 0 Å². The predicted octanol–water partition coefficient (Wildman–Crippen LogP) is 3.57. The van der Waals surface area contributed by atoms with Gasteiger partial charge in [-0.2, -0.15) is 0 Å². The fraction of sp³-hybridized carbons (Fsp3) is 0.200. The number of pyridine rings is 1. The zero-order valence-corrected chi connectivity index (χ0v) is 10.7. The lowest BCUT2D eigenvalue weighted by Crippen LogP contribution is -2.22. The molecule has 1 aromatic heterocycles. The molecule has 0 spiro atoms. The van der Waals surface area contributed by atoms with Gasteiger partial charge in [0.25, 0.3) is 5.91 Å². The number of halogens is 1. The predicted molar refractivity (Wildman–Crippen MR) is 72.6 cm³/mol. The van der Waals surface area contributed by atoms with E-state index in [-0.39, 0.29) is 10.9 Å². The van der Waals surface area contributed by atoms with Crippen molar-refractivity contribution in [1.29, 1.82) is 0 Å². The molecule has 0 aliphatic carbocycles. The number of hydrogen-bond acceptors (Lipinski definition) is 2. The van der Waals surface area contributed by atoms with E-state index in [0.717, 1.165) is 18.4 Å². The number of carbonyl (C=O) groups excluding carboxylic acids is 1. The first kappa shape index (κ1) is 13.2. The smallest absolute Gasteiger partial charge is 0.266 e. The minimum Gasteiger partial charge on any atom is -0.266 e. The zero-order chi connectivity index (χ0) is 13.7. The van der Waals surface area contributed by atoms with E-state index in [1.807, 2.05) is 13.0 Å². The molecule has 0 radical (unpaired) electrons. The van der Waals surface area contributed by atoms with E-state index in [9.17, 15) is 9.28 Å². The monoisotopic (exact) mass is 258 g/mol. The van der Waals surface area contributed by atoms with Gasteiger partial charge < -0.3 is 0 Å². The summed E-state index contributed by atoms with van der Waals surface area (Å²) >= 11 is 0. The largest absolute Gasteiger partial charge is 0.287 e. The lowest BCUT2D eigenvalue weighted by atomic mass is 10.1. The van der Waals surface area contributed by atoms with Gasteiger partial charge in [0.15, 0.2) is 5.82 Å². The molecule has 2 aromatic rings. The van der Waals surface area contributed by atoms with Crippen LogP contribution in [0.15, 0.2) is 48.7 Å². The average Bonchev–Trinajstić information content (AvgIpc) is 2.47. The molecule has 98 valence electrons. The Morgan fingerprint density at radius 3 is 2.68 bits per heavy atom. The van der Waals surface area contributed by atoms with Crippen LogP contribution < -0.4 is 5.12 Å². The second kappa shape index (κ2) is 6.09. The van der Waals surface area contributed by atoms with Gasteiger partial charge in [-0.1, -0.05) is 36.0 Å². The summed E-state index contributed by atoms with van der Waals surface area (Å²) in [5.41, 5.74) is 1.27. The number of carbonyl (C=O) groups is 1. The summed E-state index contributed by atoms with van der Waals surface area (Å²) in [5.74, 6) is -0.679. The standard InChI is InChI=1S/C15H15FN2O/c1-2-6-12-9-10-17-14(11-12)18(16)15(19)13-7-4-3-5-8-13/h3-5,7-11H,2,6H2,1H3. The van der Waals surface area contributed by atoms with E-state index in [1.165, 1.54) is 6.20 Å². The Kier molecular flexibility index (Phi) is 4.23. The van der Waals surface area contributed by atoms with Crippen LogP contribution in [0, 0.1) is 0 Å². The lowest BCUT2D eigenvalue weighted by Gasteiger charge is -2.11. The van der Waals surface area contributed by atoms with Crippen molar-refractivity contribution < 1.29 is 9.28 Å². The number of rotatable bonds is 4. The molecule has 0 fully saturated rings. The number of aromatic nitrogens is 1. The molecule has 0 atom stereocenters. The Hall–Kier alpha value is -2.23. The van der Waals surface area contributed by atoms with Crippen molar-refractivity contribution in [2.45, 2.75) is 19.8 Å². The van der Waals surface area contributed by atoms with Gasteiger partial charge in [0.2, 0.25) is 0 Å². The summed E-state index contributed by atoms with van der Waals surface area (Å²) < 4.78 is 14.1. The minimum atomic E-state index is -0.707. The van der Waals surface area contributed by atoms with Crippen LogP contribution in [-0.4, -0.2) is 10.9 Å². The Morgan fingerprint density at radius 2 is 2.00 bits per heavy atom. The summed E-state index contributed by atoms with van der Waals surface area (Å²) in [6.07, 6.45) is 3.32. The molecule has 0 saturated carbocycles. The first-order valence-electron chi connectivity index (χ1n) is 6.22. The summed E-state index contributed by atoms with van der Waals surface area (Å²) in [4.78, 5) is 15.8. The number of amides is 1. The normalized spacial score (nSPS) is 10.2. The van der Waals surface area contributed by atoms with Gasteiger partial charge in [0.1, 0.15) is 0 Å². The molecular weight excluding hydrogens is 243 g/mol. The summed E-state index contributed by atoms with van der Waals surface area (Å²) in [6.45, 7) is 2.04. The number of anilines is 1. The molecular formula is C15H15FN2O. The highest BCUT2D eigenvalue weighted by atomic mass is 19.2. The highest BCUT2D eigenvalue weighted by molar-refractivity contribution is 6.03. The Labute approximate surface area is 111 Å². The molecule has 1 heterocycles. The van der Waals surface area contributed by atoms with Gasteiger partial charge in [0.05, 0.1) is 0 Å². The van der Waals surface area contributed by atoms with E-state index < -0.39 is 5.91 Å². The highest BCUT2D eigenvalue weighted by Crippen LogP contribution is 2.17. The third kappa shape index (κ3) is 3.16. The lowest BCUT2D eigenvalue weighted by molar-refractivity contribution is 0.0930. The van der Waals surface area contributed by atoms with Crippen molar-refractivity contribution in [2.24, 2.45) is 0 Å². The number of aryl methyl sites for hydroxylation is 1. The zero-order valence-electron chi connectivity index (χ0n) is 10.7. The average molecular weight is 258 g/mol. The molecule has 0 bridgehead atoms. The van der Waals surface area contributed by atoms with Crippen LogP contribution in [-0.2, 0) is 6.42 Å². The minimum absolute atomic E-state index is 0.0276. The van der Waals surface area contributed by atoms with Crippen LogP contribution in [0.4, 0.5) is 10.3 Å². The van der Waals surface area contributed by atoms with Crippen LogP contribution >= 0.6 is 0 Å². The summed E-state index contributed by atoms with van der Waals surface area (Å²) in [5, 5.41) is 0.0918. The SMILES string of the molecule is CCCc1ccnc(N(F)C(=O)c2ccccc2)c1. The molecule has 0 saturated heterocycles. The molecule has 3 nitrogen and oxygen atoms in total. The maximum absolute atomic E-state index is 14.1. The van der Waals surface area contributed by atoms with E-state index in [2.05, 4.69) is 4.98 Å². The molecule has 0 N–H and O–H groups in total. The maximum Gasteiger partial charge on any atom is 0.287 e. The Bertz CT molecular complexity index is 557. The van der Waals surface area contributed by atoms with Crippen LogP contribution in [0.25, 0.3) is 0 Å². The number of benzene rings is 1. The second-order valence-electron chi connectivity index (χ2n) is 4.22. The van der Waals surface area contributed by atoms with E-state index in [4.69, 9.17) is 0 Å². The third-order valence-corrected chi connectivity index (χ3v) is 2.75. The van der Waals surface area contributed by atoms with Crippen LogP contribution in [0.2, 0.25) is 0 Å². The van der Waals surface area contributed by atoms with E-state index in [1.54, 1.807) is 36.4 Å². The third-order valence-electron chi connectivity index (χ3n) is 2.75. The highest BCUT2D eigenvalue weighted by Gasteiger charge is 2.18. The summed E-state index contributed by atoms with van der Waals surface area (Å²) in [6, 6.07) is 11.7. The van der Waals surface area contributed by atoms with Crippen molar-refractivity contribution in [1.82, 2.24) is 4.98 Å². The first-order chi connectivity index (χ1) is 9.22. The fourth-order valence-electron chi connectivity index (χ4n) is 1.81. The molecule has 2 rings (SSSR count). The first-order valence-corrected chi connectivity index (χ1v) is 6.22. The topological polar surface area (TPSA) is 33.2 Å². The van der Waals surface area contributed by atoms with Crippen LogP contribution in [0.1, 0.15) is 29.3 Å². The molecule has 19 heavy (non-hydrogen) atoms. The molecule has 4 heteroatoms. The van der Waals surface area contributed by atoms with Crippen LogP contribution in [0.5, 0.6) is 0 Å². The Balaban J connectivity index is 2.22. The van der Waals surface area contributed by atoms with Gasteiger partial charge >= 0.3 is 0 Å². The molecule has 1 aromatic carbocycles. The molecule has 0 aliphatic rings. The van der Waals surface area contributed by atoms with Crippen molar-refractivity contribution in [3.63, 3.8) is 0 Å². The molecule has 1 amide bonds.